The minimum atomic E-state index is 0.228. The van der Waals surface area contributed by atoms with E-state index in [0.29, 0.717) is 6.61 Å². The van der Waals surface area contributed by atoms with Gasteiger partial charge in [-0.3, -0.25) is 0 Å². The van der Waals surface area contributed by atoms with Crippen LogP contribution in [0.4, 0.5) is 0 Å². The van der Waals surface area contributed by atoms with E-state index in [2.05, 4.69) is 12.2 Å². The minimum Gasteiger partial charge on any atom is -0.396 e. The maximum absolute atomic E-state index is 9.50. The van der Waals surface area contributed by atoms with Crippen LogP contribution in [0.25, 0.3) is 0 Å². The summed E-state index contributed by atoms with van der Waals surface area (Å²) in [7, 11) is 0. The van der Waals surface area contributed by atoms with Crippen molar-refractivity contribution in [3.05, 3.63) is 0 Å². The van der Waals surface area contributed by atoms with Crippen molar-refractivity contribution in [2.45, 2.75) is 57.9 Å². The number of nitrogens with one attached hydrogen (secondary N) is 1. The first-order chi connectivity index (χ1) is 7.24. The van der Waals surface area contributed by atoms with Gasteiger partial charge in [0.1, 0.15) is 0 Å². The van der Waals surface area contributed by atoms with Crippen molar-refractivity contribution in [3.8, 4) is 0 Å². The van der Waals surface area contributed by atoms with Gasteiger partial charge in [0, 0.05) is 24.6 Å². The summed E-state index contributed by atoms with van der Waals surface area (Å²) >= 11 is 0. The lowest BCUT2D eigenvalue weighted by atomic mass is 9.87. The molecule has 0 radical (unpaired) electrons. The van der Waals surface area contributed by atoms with Gasteiger partial charge in [-0.15, -0.1) is 0 Å². The zero-order valence-electron chi connectivity index (χ0n) is 9.97. The van der Waals surface area contributed by atoms with E-state index in [9.17, 15) is 5.11 Å². The summed E-state index contributed by atoms with van der Waals surface area (Å²) in [4.78, 5) is 0. The van der Waals surface area contributed by atoms with Crippen LogP contribution in [0.2, 0.25) is 0 Å². The molecule has 0 aromatic carbocycles. The van der Waals surface area contributed by atoms with Crippen LogP contribution in [0.5, 0.6) is 0 Å². The Morgan fingerprint density at radius 1 is 1.27 bits per heavy atom. The summed E-state index contributed by atoms with van der Waals surface area (Å²) in [5, 5.41) is 13.2. The Labute approximate surface area is 93.5 Å². The SMILES string of the molecule is CC1CCC(NCC2(CO)CCCC2)C1. The third-order valence-corrected chi connectivity index (χ3v) is 4.46. The molecule has 15 heavy (non-hydrogen) atoms. The highest BCUT2D eigenvalue weighted by molar-refractivity contribution is 4.88. The van der Waals surface area contributed by atoms with Crippen LogP contribution in [0, 0.1) is 11.3 Å². The molecule has 0 aromatic rings. The van der Waals surface area contributed by atoms with Crippen molar-refractivity contribution >= 4 is 0 Å². The molecule has 2 aliphatic carbocycles. The molecule has 0 amide bonds. The van der Waals surface area contributed by atoms with Gasteiger partial charge in [-0.05, 0) is 38.0 Å². The normalized spacial score (nSPS) is 34.8. The first-order valence-electron chi connectivity index (χ1n) is 6.58. The first kappa shape index (κ1) is 11.4. The van der Waals surface area contributed by atoms with Crippen molar-refractivity contribution < 1.29 is 5.11 Å². The van der Waals surface area contributed by atoms with E-state index >= 15 is 0 Å². The number of aliphatic hydroxyl groups is 1. The number of hydrogen-bond donors (Lipinski definition) is 2. The van der Waals surface area contributed by atoms with E-state index in [1.54, 1.807) is 0 Å². The van der Waals surface area contributed by atoms with Crippen molar-refractivity contribution in [2.24, 2.45) is 11.3 Å². The van der Waals surface area contributed by atoms with Crippen LogP contribution in [0.1, 0.15) is 51.9 Å². The lowest BCUT2D eigenvalue weighted by Crippen LogP contribution is -2.39. The molecule has 2 unspecified atom stereocenters. The lowest BCUT2D eigenvalue weighted by Gasteiger charge is -2.28. The highest BCUT2D eigenvalue weighted by atomic mass is 16.3. The van der Waals surface area contributed by atoms with Crippen LogP contribution in [0.3, 0.4) is 0 Å². The van der Waals surface area contributed by atoms with Gasteiger partial charge in [0.05, 0.1) is 0 Å². The quantitative estimate of drug-likeness (QED) is 0.748. The maximum Gasteiger partial charge on any atom is 0.0499 e. The Hall–Kier alpha value is -0.0800. The van der Waals surface area contributed by atoms with Crippen LogP contribution in [0.15, 0.2) is 0 Å². The molecule has 2 N–H and O–H groups in total. The van der Waals surface area contributed by atoms with E-state index in [1.165, 1.54) is 44.9 Å². The highest BCUT2D eigenvalue weighted by Gasteiger charge is 2.34. The van der Waals surface area contributed by atoms with Gasteiger partial charge in [-0.2, -0.15) is 0 Å². The van der Waals surface area contributed by atoms with E-state index in [0.717, 1.165) is 18.5 Å². The molecule has 2 nitrogen and oxygen atoms in total. The number of hydrogen-bond acceptors (Lipinski definition) is 2. The van der Waals surface area contributed by atoms with Gasteiger partial charge in [0.15, 0.2) is 0 Å². The van der Waals surface area contributed by atoms with Gasteiger partial charge < -0.3 is 10.4 Å². The average molecular weight is 211 g/mol. The summed E-state index contributed by atoms with van der Waals surface area (Å²) in [6.07, 6.45) is 9.11. The molecule has 88 valence electrons. The fourth-order valence-corrected chi connectivity index (χ4v) is 3.27. The lowest BCUT2D eigenvalue weighted by molar-refractivity contribution is 0.124. The summed E-state index contributed by atoms with van der Waals surface area (Å²) in [5.74, 6) is 0.899. The summed E-state index contributed by atoms with van der Waals surface area (Å²) in [6, 6.07) is 0.726. The largest absolute Gasteiger partial charge is 0.396 e. The molecule has 0 heterocycles. The average Bonchev–Trinajstić information content (AvgIpc) is 2.85. The van der Waals surface area contributed by atoms with Crippen molar-refractivity contribution in [2.75, 3.05) is 13.2 Å². The Kier molecular flexibility index (Phi) is 3.68. The standard InChI is InChI=1S/C13H25NO/c1-11-4-5-12(8-11)14-9-13(10-15)6-2-3-7-13/h11-12,14-15H,2-10H2,1H3. The van der Waals surface area contributed by atoms with E-state index in [-0.39, 0.29) is 5.41 Å². The molecule has 2 saturated carbocycles. The zero-order chi connectivity index (χ0) is 10.7. The smallest absolute Gasteiger partial charge is 0.0499 e. The molecule has 2 atom stereocenters. The van der Waals surface area contributed by atoms with E-state index < -0.39 is 0 Å². The van der Waals surface area contributed by atoms with Crippen molar-refractivity contribution in [1.29, 1.82) is 0 Å². The summed E-state index contributed by atoms with van der Waals surface area (Å²) in [5.41, 5.74) is 0.228. The second-order valence-electron chi connectivity index (χ2n) is 5.86. The molecule has 0 saturated heterocycles. The molecular formula is C13H25NO. The summed E-state index contributed by atoms with van der Waals surface area (Å²) in [6.45, 7) is 3.77. The Bertz CT molecular complexity index is 199. The molecule has 2 heteroatoms. The highest BCUT2D eigenvalue weighted by Crippen LogP contribution is 2.37. The molecule has 2 aliphatic rings. The van der Waals surface area contributed by atoms with Crippen LogP contribution < -0.4 is 5.32 Å². The van der Waals surface area contributed by atoms with Crippen LogP contribution in [-0.4, -0.2) is 24.3 Å². The summed E-state index contributed by atoms with van der Waals surface area (Å²) < 4.78 is 0. The predicted molar refractivity (Wildman–Crippen MR) is 62.8 cm³/mol. The molecule has 0 bridgehead atoms. The second kappa shape index (κ2) is 4.84. The zero-order valence-corrected chi connectivity index (χ0v) is 9.97. The Balaban J connectivity index is 1.76. The molecule has 0 spiro atoms. The van der Waals surface area contributed by atoms with Crippen molar-refractivity contribution in [1.82, 2.24) is 5.32 Å². The van der Waals surface area contributed by atoms with Gasteiger partial charge in [-0.25, -0.2) is 0 Å². The molecule has 0 aliphatic heterocycles. The van der Waals surface area contributed by atoms with Gasteiger partial charge in [0.25, 0.3) is 0 Å². The molecule has 0 aromatic heterocycles. The van der Waals surface area contributed by atoms with Gasteiger partial charge in [-0.1, -0.05) is 19.8 Å². The monoisotopic (exact) mass is 211 g/mol. The van der Waals surface area contributed by atoms with Crippen LogP contribution >= 0.6 is 0 Å². The fourth-order valence-electron chi connectivity index (χ4n) is 3.27. The molecular weight excluding hydrogens is 186 g/mol. The predicted octanol–water partition coefficient (Wildman–Crippen LogP) is 2.32. The molecule has 2 fully saturated rings. The number of rotatable bonds is 4. The topological polar surface area (TPSA) is 32.3 Å². The second-order valence-corrected chi connectivity index (χ2v) is 5.86. The van der Waals surface area contributed by atoms with Gasteiger partial charge in [0.2, 0.25) is 0 Å². The fraction of sp³-hybridized carbons (Fsp3) is 1.00. The Morgan fingerprint density at radius 2 is 2.00 bits per heavy atom. The maximum atomic E-state index is 9.50. The van der Waals surface area contributed by atoms with Crippen molar-refractivity contribution in [3.63, 3.8) is 0 Å². The third kappa shape index (κ3) is 2.73. The Morgan fingerprint density at radius 3 is 2.53 bits per heavy atom. The number of aliphatic hydroxyl groups excluding tert-OH is 1. The van der Waals surface area contributed by atoms with E-state index in [4.69, 9.17) is 0 Å². The van der Waals surface area contributed by atoms with Gasteiger partial charge >= 0.3 is 0 Å². The third-order valence-electron chi connectivity index (χ3n) is 4.46. The van der Waals surface area contributed by atoms with Crippen LogP contribution in [-0.2, 0) is 0 Å². The first-order valence-corrected chi connectivity index (χ1v) is 6.58. The van der Waals surface area contributed by atoms with E-state index in [1.807, 2.05) is 0 Å². The minimum absolute atomic E-state index is 0.228. The molecule has 2 rings (SSSR count).